The van der Waals surface area contributed by atoms with Crippen molar-refractivity contribution in [3.8, 4) is 0 Å². The number of allylic oxidation sites excluding steroid dienone is 1. The summed E-state index contributed by atoms with van der Waals surface area (Å²) in [7, 11) is 1.36. The molecule has 1 aromatic rings. The molecule has 1 aromatic carbocycles. The molecule has 0 radical (unpaired) electrons. The predicted octanol–water partition coefficient (Wildman–Crippen LogP) is 3.66. The van der Waals surface area contributed by atoms with Gasteiger partial charge in [0.15, 0.2) is 5.76 Å². The van der Waals surface area contributed by atoms with Crippen molar-refractivity contribution in [1.29, 1.82) is 0 Å². The average molecular weight is 534 g/mol. The van der Waals surface area contributed by atoms with Gasteiger partial charge in [-0.05, 0) is 50.0 Å². The lowest BCUT2D eigenvalue weighted by molar-refractivity contribution is -0.172. The van der Waals surface area contributed by atoms with Crippen LogP contribution in [0.1, 0.15) is 67.3 Å². The van der Waals surface area contributed by atoms with Gasteiger partial charge in [-0.25, -0.2) is 4.79 Å². The number of aliphatic hydroxyl groups excluding tert-OH is 1. The molecular formula is C29H43NO8. The Morgan fingerprint density at radius 2 is 1.63 bits per heavy atom. The minimum atomic E-state index is -0.613. The van der Waals surface area contributed by atoms with Crippen LogP contribution in [0.3, 0.4) is 0 Å². The quantitative estimate of drug-likeness (QED) is 0.303. The van der Waals surface area contributed by atoms with E-state index in [1.165, 1.54) is 13.5 Å². The van der Waals surface area contributed by atoms with Crippen molar-refractivity contribution in [3.63, 3.8) is 0 Å². The molecule has 0 aliphatic carbocycles. The molecule has 0 aromatic heterocycles. The minimum absolute atomic E-state index is 0.0171. The first-order valence-electron chi connectivity index (χ1n) is 13.8. The van der Waals surface area contributed by atoms with Crippen molar-refractivity contribution < 1.29 is 38.4 Å². The second-order valence-electron chi connectivity index (χ2n) is 9.57. The number of aliphatic hydroxyl groups is 1. The first kappa shape index (κ1) is 30.1. The van der Waals surface area contributed by atoms with Crippen molar-refractivity contribution in [2.45, 2.75) is 57.7 Å². The number of esters is 1. The fourth-order valence-electron chi connectivity index (χ4n) is 4.98. The van der Waals surface area contributed by atoms with Crippen LogP contribution in [0.4, 0.5) is 0 Å². The van der Waals surface area contributed by atoms with Gasteiger partial charge in [0.1, 0.15) is 0 Å². The Kier molecular flexibility index (Phi) is 13.1. The van der Waals surface area contributed by atoms with Gasteiger partial charge in [0.25, 0.3) is 5.91 Å². The molecule has 38 heavy (non-hydrogen) atoms. The zero-order valence-corrected chi connectivity index (χ0v) is 22.8. The third-order valence-electron chi connectivity index (χ3n) is 6.99. The van der Waals surface area contributed by atoms with E-state index in [0.717, 1.165) is 44.3 Å². The van der Waals surface area contributed by atoms with E-state index in [9.17, 15) is 9.59 Å². The third-order valence-corrected chi connectivity index (χ3v) is 6.99. The van der Waals surface area contributed by atoms with Crippen LogP contribution >= 0.6 is 0 Å². The molecule has 2 aliphatic heterocycles. The van der Waals surface area contributed by atoms with E-state index in [0.29, 0.717) is 44.2 Å². The summed E-state index contributed by atoms with van der Waals surface area (Å²) in [5.74, 6) is -0.451. The van der Waals surface area contributed by atoms with Gasteiger partial charge < -0.3 is 33.7 Å². The lowest BCUT2D eigenvalue weighted by Gasteiger charge is -2.38. The van der Waals surface area contributed by atoms with Crippen LogP contribution < -0.4 is 0 Å². The summed E-state index contributed by atoms with van der Waals surface area (Å²) in [6.07, 6.45) is 7.41. The highest BCUT2D eigenvalue weighted by Crippen LogP contribution is 2.39. The lowest BCUT2D eigenvalue weighted by atomic mass is 9.81. The maximum Gasteiger partial charge on any atom is 0.337 e. The molecule has 1 N–H and O–H groups in total. The van der Waals surface area contributed by atoms with E-state index in [4.69, 9.17) is 28.8 Å². The van der Waals surface area contributed by atoms with Crippen LogP contribution in [0.2, 0.25) is 0 Å². The van der Waals surface area contributed by atoms with Crippen LogP contribution in [0.15, 0.2) is 36.1 Å². The summed E-state index contributed by atoms with van der Waals surface area (Å²) < 4.78 is 28.2. The maximum absolute atomic E-state index is 13.6. The largest absolute Gasteiger partial charge is 0.465 e. The molecule has 1 saturated heterocycles. The summed E-state index contributed by atoms with van der Waals surface area (Å²) in [4.78, 5) is 27.5. The van der Waals surface area contributed by atoms with E-state index in [1.807, 2.05) is 30.0 Å². The highest BCUT2D eigenvalue weighted by Gasteiger charge is 2.39. The number of benzene rings is 1. The van der Waals surface area contributed by atoms with E-state index in [2.05, 4.69) is 0 Å². The number of ether oxygens (including phenoxy) is 5. The molecule has 3 atom stereocenters. The average Bonchev–Trinajstić information content (AvgIpc) is 2.92. The van der Waals surface area contributed by atoms with E-state index >= 15 is 0 Å². The van der Waals surface area contributed by atoms with Gasteiger partial charge in [-0.3, -0.25) is 4.79 Å². The molecule has 1 amide bonds. The Morgan fingerprint density at radius 1 is 0.974 bits per heavy atom. The molecule has 0 bridgehead atoms. The molecule has 9 heteroatoms. The number of carbonyl (C=O) groups is 2. The lowest BCUT2D eigenvalue weighted by Crippen LogP contribution is -2.41. The van der Waals surface area contributed by atoms with Gasteiger partial charge in [0, 0.05) is 38.1 Å². The molecule has 2 heterocycles. The van der Waals surface area contributed by atoms with E-state index in [1.54, 1.807) is 12.1 Å². The summed E-state index contributed by atoms with van der Waals surface area (Å²) in [5, 5.41) is 8.84. The van der Waals surface area contributed by atoms with Crippen molar-refractivity contribution in [2.75, 3.05) is 59.8 Å². The highest BCUT2D eigenvalue weighted by atomic mass is 16.7. The molecule has 9 nitrogen and oxygen atoms in total. The van der Waals surface area contributed by atoms with Gasteiger partial charge in [0.2, 0.25) is 6.29 Å². The molecule has 0 saturated carbocycles. The van der Waals surface area contributed by atoms with Gasteiger partial charge in [-0.2, -0.15) is 0 Å². The molecule has 1 fully saturated rings. The molecule has 3 rings (SSSR count). The summed E-state index contributed by atoms with van der Waals surface area (Å²) in [6, 6.07) is 7.28. The fraction of sp³-hybridized carbons (Fsp3) is 0.655. The number of rotatable bonds is 13. The van der Waals surface area contributed by atoms with Gasteiger partial charge in [-0.1, -0.05) is 31.4 Å². The number of nitrogens with zero attached hydrogens (tertiary/aromatic N) is 1. The zero-order chi connectivity index (χ0) is 27.2. The number of likely N-dealkylation sites (tertiary alicyclic amines) is 1. The highest BCUT2D eigenvalue weighted by molar-refractivity contribution is 5.92. The minimum Gasteiger partial charge on any atom is -0.465 e. The molecule has 0 spiro atoms. The van der Waals surface area contributed by atoms with Gasteiger partial charge in [-0.15, -0.1) is 0 Å². The van der Waals surface area contributed by atoms with E-state index < -0.39 is 12.3 Å². The number of hydrogen-bond acceptors (Lipinski definition) is 8. The van der Waals surface area contributed by atoms with Gasteiger partial charge >= 0.3 is 5.97 Å². The summed E-state index contributed by atoms with van der Waals surface area (Å²) >= 11 is 0. The Bertz CT molecular complexity index is 879. The van der Waals surface area contributed by atoms with E-state index in [-0.39, 0.29) is 31.0 Å². The Morgan fingerprint density at radius 3 is 2.26 bits per heavy atom. The first-order valence-corrected chi connectivity index (χ1v) is 13.8. The maximum atomic E-state index is 13.6. The standard InChI is InChI=1S/C29H43NO8/c1-3-37-29-24(13-17-35-19-20-36-18-16-31)25(22-9-11-23(12-10-22)28(33)34-2)21-26(38-29)27(32)30-14-7-5-4-6-8-15-30/h9-12,21,24-25,29,31H,3-8,13-20H2,1-2H3/t24-,25-,29-/m1/s1. The van der Waals surface area contributed by atoms with Crippen molar-refractivity contribution in [3.05, 3.63) is 47.2 Å². The van der Waals surface area contributed by atoms with Crippen molar-refractivity contribution in [1.82, 2.24) is 4.90 Å². The zero-order valence-electron chi connectivity index (χ0n) is 22.8. The van der Waals surface area contributed by atoms with Crippen molar-refractivity contribution in [2.24, 2.45) is 5.92 Å². The molecule has 212 valence electrons. The number of hydrogen-bond donors (Lipinski definition) is 1. The number of amides is 1. The number of methoxy groups -OCH3 is 1. The van der Waals surface area contributed by atoms with Crippen LogP contribution in [0, 0.1) is 5.92 Å². The number of carbonyl (C=O) groups excluding carboxylic acids is 2. The van der Waals surface area contributed by atoms with Gasteiger partial charge in [0.05, 0.1) is 39.1 Å². The molecule has 0 unspecified atom stereocenters. The van der Waals surface area contributed by atoms with Crippen LogP contribution in [-0.4, -0.2) is 88.0 Å². The normalized spacial score (nSPS) is 22.1. The van der Waals surface area contributed by atoms with Crippen LogP contribution in [0.25, 0.3) is 0 Å². The topological polar surface area (TPSA) is 104 Å². The molecule has 2 aliphatic rings. The third kappa shape index (κ3) is 8.80. The predicted molar refractivity (Wildman–Crippen MR) is 142 cm³/mol. The fourth-order valence-corrected chi connectivity index (χ4v) is 4.98. The SMILES string of the molecule is CCO[C@@H]1OC(C(=O)N2CCCCCCC2)=C[C@H](c2ccc(C(=O)OC)cc2)[C@H]1CCOCCOCCO. The second kappa shape index (κ2) is 16.5. The monoisotopic (exact) mass is 533 g/mol. The Labute approximate surface area is 226 Å². The Balaban J connectivity index is 1.83. The summed E-state index contributed by atoms with van der Waals surface area (Å²) in [6.45, 7) is 5.36. The smallest absolute Gasteiger partial charge is 0.337 e. The van der Waals surface area contributed by atoms with Crippen LogP contribution in [-0.2, 0) is 28.5 Å². The first-order chi connectivity index (χ1) is 18.6. The van der Waals surface area contributed by atoms with Crippen molar-refractivity contribution >= 4 is 11.9 Å². The Hall–Kier alpha value is -2.46. The molecular weight excluding hydrogens is 490 g/mol. The second-order valence-corrected chi connectivity index (χ2v) is 9.57. The summed E-state index contributed by atoms with van der Waals surface area (Å²) in [5.41, 5.74) is 1.42. The van der Waals surface area contributed by atoms with Crippen LogP contribution in [0.5, 0.6) is 0 Å².